The predicted octanol–water partition coefficient (Wildman–Crippen LogP) is 3.96. The van der Waals surface area contributed by atoms with Gasteiger partial charge in [0.25, 0.3) is 16.7 Å². The molecule has 3 heterocycles. The summed E-state index contributed by atoms with van der Waals surface area (Å²) >= 11 is 1.26. The highest BCUT2D eigenvalue weighted by molar-refractivity contribution is 7.98. The van der Waals surface area contributed by atoms with Crippen LogP contribution in [0.25, 0.3) is 5.65 Å². The fourth-order valence-corrected chi connectivity index (χ4v) is 3.46. The predicted molar refractivity (Wildman–Crippen MR) is 106 cm³/mol. The molecular formula is C20H17FN4O3S. The highest BCUT2D eigenvalue weighted by Gasteiger charge is 2.18. The van der Waals surface area contributed by atoms with Crippen molar-refractivity contribution in [2.24, 2.45) is 0 Å². The zero-order valence-electron chi connectivity index (χ0n) is 15.7. The van der Waals surface area contributed by atoms with Crippen LogP contribution in [0.2, 0.25) is 0 Å². The van der Waals surface area contributed by atoms with Gasteiger partial charge in [-0.2, -0.15) is 0 Å². The van der Waals surface area contributed by atoms with E-state index in [2.05, 4.69) is 15.2 Å². The van der Waals surface area contributed by atoms with E-state index >= 15 is 0 Å². The second kappa shape index (κ2) is 8.04. The van der Waals surface area contributed by atoms with E-state index in [-0.39, 0.29) is 17.2 Å². The minimum atomic E-state index is -0.611. The van der Waals surface area contributed by atoms with Crippen LogP contribution >= 0.6 is 11.8 Å². The van der Waals surface area contributed by atoms with Crippen LogP contribution in [0.5, 0.6) is 5.75 Å². The second-order valence-corrected chi connectivity index (χ2v) is 7.26. The molecule has 7 nitrogen and oxygen atoms in total. The third-order valence-corrected chi connectivity index (χ3v) is 5.04. The average molecular weight is 412 g/mol. The molecule has 4 aromatic rings. The Hall–Kier alpha value is -3.20. The Kier molecular flexibility index (Phi) is 5.30. The number of para-hydroxylation sites is 1. The van der Waals surface area contributed by atoms with Crippen LogP contribution < -0.4 is 10.3 Å². The van der Waals surface area contributed by atoms with Crippen molar-refractivity contribution in [3.05, 3.63) is 82.0 Å². The summed E-state index contributed by atoms with van der Waals surface area (Å²) in [4.78, 5) is 16.8. The Morgan fingerprint density at radius 1 is 1.21 bits per heavy atom. The summed E-state index contributed by atoms with van der Waals surface area (Å²) in [7, 11) is 0. The van der Waals surface area contributed by atoms with Crippen LogP contribution in [0.3, 0.4) is 0 Å². The summed E-state index contributed by atoms with van der Waals surface area (Å²) in [5.41, 5.74) is 1.89. The number of ether oxygens (including phenoxy) is 1. The van der Waals surface area contributed by atoms with E-state index in [1.165, 1.54) is 30.0 Å². The third-order valence-electron chi connectivity index (χ3n) is 4.19. The van der Waals surface area contributed by atoms with Gasteiger partial charge in [0.05, 0.1) is 5.69 Å². The Labute approximate surface area is 169 Å². The van der Waals surface area contributed by atoms with Crippen molar-refractivity contribution in [1.82, 2.24) is 19.6 Å². The van der Waals surface area contributed by atoms with Gasteiger partial charge in [0.1, 0.15) is 5.65 Å². The lowest BCUT2D eigenvalue weighted by molar-refractivity contribution is 0.174. The molecule has 0 aliphatic carbocycles. The van der Waals surface area contributed by atoms with Crippen molar-refractivity contribution in [3.8, 4) is 5.75 Å². The molecular weight excluding hydrogens is 395 g/mol. The Balaban J connectivity index is 1.45. The lowest BCUT2D eigenvalue weighted by Gasteiger charge is -2.11. The first kappa shape index (κ1) is 19.1. The van der Waals surface area contributed by atoms with Gasteiger partial charge in [0.2, 0.25) is 0 Å². The Bertz CT molecular complexity index is 1220. The van der Waals surface area contributed by atoms with Crippen LogP contribution in [0.4, 0.5) is 4.39 Å². The van der Waals surface area contributed by atoms with Crippen molar-refractivity contribution in [3.63, 3.8) is 0 Å². The number of hydrogen-bond acceptors (Lipinski definition) is 7. The number of pyridine rings is 1. The largest absolute Gasteiger partial charge is 0.478 e. The third kappa shape index (κ3) is 4.14. The SMILES string of the molecule is Cc1cccc2nc(CSc3nnc([C@H](C)Oc4ccccc4F)o3)cc(=O)n12. The Morgan fingerprint density at radius 2 is 2.03 bits per heavy atom. The van der Waals surface area contributed by atoms with E-state index in [1.807, 2.05) is 19.1 Å². The van der Waals surface area contributed by atoms with Crippen molar-refractivity contribution < 1.29 is 13.5 Å². The normalized spacial score (nSPS) is 12.2. The molecule has 0 unspecified atom stereocenters. The smallest absolute Gasteiger partial charge is 0.277 e. The van der Waals surface area contributed by atoms with E-state index < -0.39 is 11.9 Å². The number of hydrogen-bond donors (Lipinski definition) is 0. The zero-order chi connectivity index (χ0) is 20.4. The van der Waals surface area contributed by atoms with E-state index in [4.69, 9.17) is 9.15 Å². The minimum Gasteiger partial charge on any atom is -0.478 e. The molecule has 0 radical (unpaired) electrons. The summed E-state index contributed by atoms with van der Waals surface area (Å²) in [5.74, 6) is 0.281. The quantitative estimate of drug-likeness (QED) is 0.443. The number of benzene rings is 1. The molecule has 1 atom stereocenters. The highest BCUT2D eigenvalue weighted by atomic mass is 32.2. The zero-order valence-corrected chi connectivity index (χ0v) is 16.5. The molecule has 0 N–H and O–H groups in total. The van der Waals surface area contributed by atoms with Crippen LogP contribution in [0.1, 0.15) is 30.3 Å². The van der Waals surface area contributed by atoms with Crippen LogP contribution in [0.15, 0.2) is 63.0 Å². The van der Waals surface area contributed by atoms with Gasteiger partial charge >= 0.3 is 0 Å². The maximum Gasteiger partial charge on any atom is 0.277 e. The first-order valence-corrected chi connectivity index (χ1v) is 9.85. The van der Waals surface area contributed by atoms with Crippen molar-refractivity contribution in [2.45, 2.75) is 30.9 Å². The van der Waals surface area contributed by atoms with Gasteiger partial charge in [-0.15, -0.1) is 10.2 Å². The van der Waals surface area contributed by atoms with Crippen LogP contribution in [0, 0.1) is 12.7 Å². The summed E-state index contributed by atoms with van der Waals surface area (Å²) in [6, 6.07) is 13.1. The van der Waals surface area contributed by atoms with Gasteiger partial charge in [0.15, 0.2) is 17.7 Å². The van der Waals surface area contributed by atoms with Gasteiger partial charge in [-0.3, -0.25) is 9.20 Å². The van der Waals surface area contributed by atoms with E-state index in [1.54, 1.807) is 29.5 Å². The van der Waals surface area contributed by atoms with Gasteiger partial charge in [0, 0.05) is 17.5 Å². The van der Waals surface area contributed by atoms with Crippen LogP contribution in [-0.4, -0.2) is 19.6 Å². The van der Waals surface area contributed by atoms with Crippen molar-refractivity contribution >= 4 is 17.4 Å². The number of halogens is 1. The molecule has 9 heteroatoms. The number of thioether (sulfide) groups is 1. The summed E-state index contributed by atoms with van der Waals surface area (Å²) in [6.07, 6.45) is -0.611. The number of aromatic nitrogens is 4. The summed E-state index contributed by atoms with van der Waals surface area (Å²) < 4.78 is 26.4. The molecule has 0 fully saturated rings. The average Bonchev–Trinajstić information content (AvgIpc) is 3.17. The fraction of sp³-hybridized carbons (Fsp3) is 0.200. The molecule has 1 aromatic carbocycles. The number of nitrogens with zero attached hydrogens (tertiary/aromatic N) is 4. The van der Waals surface area contributed by atoms with Crippen molar-refractivity contribution in [2.75, 3.05) is 0 Å². The van der Waals surface area contributed by atoms with E-state index in [0.717, 1.165) is 5.69 Å². The molecule has 0 saturated heterocycles. The minimum absolute atomic E-state index is 0.114. The molecule has 0 amide bonds. The topological polar surface area (TPSA) is 82.5 Å². The molecule has 4 rings (SSSR count). The first-order valence-electron chi connectivity index (χ1n) is 8.87. The standard InChI is InChI=1S/C20H17FN4O3S/c1-12-6-5-9-17-22-14(10-18(26)25(12)17)11-29-20-24-23-19(28-20)13(2)27-16-8-4-3-7-15(16)21/h3-10,13H,11H2,1-2H3/t13-/m0/s1. The molecule has 0 aliphatic rings. The monoisotopic (exact) mass is 412 g/mol. The Morgan fingerprint density at radius 3 is 2.86 bits per heavy atom. The highest BCUT2D eigenvalue weighted by Crippen LogP contribution is 2.26. The second-order valence-electron chi connectivity index (χ2n) is 6.33. The maximum atomic E-state index is 13.7. The van der Waals surface area contributed by atoms with Gasteiger partial charge < -0.3 is 9.15 Å². The van der Waals surface area contributed by atoms with Gasteiger partial charge in [-0.1, -0.05) is 30.0 Å². The lowest BCUT2D eigenvalue weighted by atomic mass is 10.3. The fourth-order valence-electron chi connectivity index (χ4n) is 2.80. The molecule has 0 saturated carbocycles. The summed E-state index contributed by atoms with van der Waals surface area (Å²) in [6.45, 7) is 3.55. The van der Waals surface area contributed by atoms with E-state index in [0.29, 0.717) is 22.3 Å². The molecule has 148 valence electrons. The molecule has 0 spiro atoms. The molecule has 0 bridgehead atoms. The summed E-state index contributed by atoms with van der Waals surface area (Å²) in [5, 5.41) is 8.25. The number of rotatable bonds is 6. The van der Waals surface area contributed by atoms with Crippen LogP contribution in [-0.2, 0) is 5.75 Å². The molecule has 3 aromatic heterocycles. The lowest BCUT2D eigenvalue weighted by Crippen LogP contribution is -2.17. The van der Waals surface area contributed by atoms with Gasteiger partial charge in [-0.25, -0.2) is 9.37 Å². The van der Waals surface area contributed by atoms with Crippen molar-refractivity contribution in [1.29, 1.82) is 0 Å². The van der Waals surface area contributed by atoms with Gasteiger partial charge in [-0.05, 0) is 38.1 Å². The number of aryl methyl sites for hydroxylation is 1. The first-order chi connectivity index (χ1) is 14.0. The van der Waals surface area contributed by atoms with E-state index in [9.17, 15) is 9.18 Å². The molecule has 0 aliphatic heterocycles. The maximum absolute atomic E-state index is 13.7. The molecule has 29 heavy (non-hydrogen) atoms. The number of fused-ring (bicyclic) bond motifs is 1.